The van der Waals surface area contributed by atoms with E-state index in [4.69, 9.17) is 10.4 Å². The van der Waals surface area contributed by atoms with Crippen LogP contribution in [0.2, 0.25) is 0 Å². The predicted molar refractivity (Wildman–Crippen MR) is 60.0 cm³/mol. The molecule has 14 heavy (non-hydrogen) atoms. The number of aliphatic carboxylic acids is 1. The molecule has 1 aromatic carbocycles. The van der Waals surface area contributed by atoms with Crippen molar-refractivity contribution < 1.29 is 9.90 Å². The van der Waals surface area contributed by atoms with Crippen LogP contribution in [0.1, 0.15) is 16.7 Å². The van der Waals surface area contributed by atoms with E-state index < -0.39 is 5.97 Å². The van der Waals surface area contributed by atoms with E-state index in [0.29, 0.717) is 11.1 Å². The van der Waals surface area contributed by atoms with Gasteiger partial charge in [0, 0.05) is 3.57 Å². The van der Waals surface area contributed by atoms with E-state index in [1.165, 1.54) is 0 Å². The van der Waals surface area contributed by atoms with Gasteiger partial charge in [0.2, 0.25) is 0 Å². The molecule has 4 heteroatoms. The second-order valence-electron chi connectivity index (χ2n) is 2.90. The Kier molecular flexibility index (Phi) is 3.47. The monoisotopic (exact) mass is 301 g/mol. The first kappa shape index (κ1) is 11.0. The number of nitrogens with zero attached hydrogens (tertiary/aromatic N) is 1. The van der Waals surface area contributed by atoms with Crippen molar-refractivity contribution in [3.63, 3.8) is 0 Å². The second-order valence-corrected chi connectivity index (χ2v) is 3.98. The molecule has 0 spiro atoms. The zero-order valence-corrected chi connectivity index (χ0v) is 9.70. The number of carbonyl (C=O) groups is 1. The molecule has 0 aliphatic carbocycles. The van der Waals surface area contributed by atoms with E-state index in [1.54, 1.807) is 6.07 Å². The minimum Gasteiger partial charge on any atom is -0.481 e. The van der Waals surface area contributed by atoms with E-state index in [0.717, 1.165) is 9.13 Å². The van der Waals surface area contributed by atoms with Gasteiger partial charge in [0.25, 0.3) is 0 Å². The number of hydrogen-bond acceptors (Lipinski definition) is 2. The summed E-state index contributed by atoms with van der Waals surface area (Å²) >= 11 is 2.07. The fraction of sp³-hybridized carbons (Fsp3) is 0.200. The van der Waals surface area contributed by atoms with Crippen molar-refractivity contribution in [2.24, 2.45) is 0 Å². The largest absolute Gasteiger partial charge is 0.481 e. The Labute approximate surface area is 95.5 Å². The summed E-state index contributed by atoms with van der Waals surface area (Å²) in [6, 6.07) is 5.49. The van der Waals surface area contributed by atoms with Gasteiger partial charge in [0.05, 0.1) is 18.1 Å². The van der Waals surface area contributed by atoms with Crippen LogP contribution >= 0.6 is 22.6 Å². The number of carboxylic acids is 1. The molecule has 0 bridgehead atoms. The first-order chi connectivity index (χ1) is 6.56. The summed E-state index contributed by atoms with van der Waals surface area (Å²) in [5.74, 6) is -0.912. The van der Waals surface area contributed by atoms with Crippen LogP contribution in [0.5, 0.6) is 0 Å². The highest BCUT2D eigenvalue weighted by molar-refractivity contribution is 14.1. The second kappa shape index (κ2) is 4.42. The molecular formula is C10H8INO2. The average molecular weight is 301 g/mol. The summed E-state index contributed by atoms with van der Waals surface area (Å²) in [6.07, 6.45) is -0.0944. The van der Waals surface area contributed by atoms with Crippen LogP contribution in [0.4, 0.5) is 0 Å². The van der Waals surface area contributed by atoms with E-state index in [2.05, 4.69) is 22.6 Å². The minimum atomic E-state index is -0.912. The molecule has 0 aliphatic rings. The zero-order chi connectivity index (χ0) is 10.7. The number of rotatable bonds is 2. The first-order valence-electron chi connectivity index (χ1n) is 3.96. The van der Waals surface area contributed by atoms with Crippen molar-refractivity contribution in [2.75, 3.05) is 0 Å². The number of carboxylic acid groups (broad SMARTS) is 1. The van der Waals surface area contributed by atoms with Gasteiger partial charge >= 0.3 is 5.97 Å². The first-order valence-corrected chi connectivity index (χ1v) is 5.04. The average Bonchev–Trinajstić information content (AvgIpc) is 2.13. The van der Waals surface area contributed by atoms with Crippen molar-refractivity contribution >= 4 is 28.6 Å². The van der Waals surface area contributed by atoms with E-state index in [1.807, 2.05) is 19.1 Å². The maximum atomic E-state index is 10.6. The maximum Gasteiger partial charge on any atom is 0.307 e. The molecule has 3 nitrogen and oxygen atoms in total. The van der Waals surface area contributed by atoms with E-state index in [9.17, 15) is 4.79 Å². The van der Waals surface area contributed by atoms with Crippen LogP contribution in [0, 0.1) is 21.8 Å². The molecule has 1 N–H and O–H groups in total. The molecule has 1 aromatic rings. The standard InChI is InChI=1S/C10H8INO2/c1-6-2-3-7(5-12)8(10(6)11)4-9(13)14/h2-3H,4H2,1H3,(H,13,14). The third-order valence-corrected chi connectivity index (χ3v) is 3.39. The van der Waals surface area contributed by atoms with Crippen LogP contribution in [0.25, 0.3) is 0 Å². The normalized spacial score (nSPS) is 9.50. The van der Waals surface area contributed by atoms with Crippen molar-refractivity contribution in [1.29, 1.82) is 5.26 Å². The molecule has 0 saturated carbocycles. The van der Waals surface area contributed by atoms with Crippen LogP contribution in [-0.4, -0.2) is 11.1 Å². The van der Waals surface area contributed by atoms with Gasteiger partial charge in [-0.15, -0.1) is 0 Å². The van der Waals surface area contributed by atoms with Gasteiger partial charge in [-0.1, -0.05) is 6.07 Å². The lowest BCUT2D eigenvalue weighted by Crippen LogP contribution is -2.05. The van der Waals surface area contributed by atoms with Gasteiger partial charge in [-0.25, -0.2) is 0 Å². The molecule has 1 rings (SSSR count). The Morgan fingerprint density at radius 2 is 2.29 bits per heavy atom. The Balaban J connectivity index is 3.29. The van der Waals surface area contributed by atoms with Crippen molar-refractivity contribution in [3.05, 3.63) is 32.4 Å². The van der Waals surface area contributed by atoms with Crippen LogP contribution in [0.15, 0.2) is 12.1 Å². The minimum absolute atomic E-state index is 0.0944. The van der Waals surface area contributed by atoms with Crippen LogP contribution in [-0.2, 0) is 11.2 Å². The van der Waals surface area contributed by atoms with Gasteiger partial charge in [0.15, 0.2) is 0 Å². The lowest BCUT2D eigenvalue weighted by molar-refractivity contribution is -0.136. The van der Waals surface area contributed by atoms with E-state index >= 15 is 0 Å². The molecule has 0 aliphatic heterocycles. The molecule has 0 atom stereocenters. The summed E-state index contributed by atoms with van der Waals surface area (Å²) in [4.78, 5) is 10.6. The molecule has 0 amide bonds. The highest BCUT2D eigenvalue weighted by Gasteiger charge is 2.11. The lowest BCUT2D eigenvalue weighted by atomic mass is 10.0. The molecule has 0 fully saturated rings. The number of halogens is 1. The smallest absolute Gasteiger partial charge is 0.307 e. The Bertz CT molecular complexity index is 421. The highest BCUT2D eigenvalue weighted by atomic mass is 127. The summed E-state index contributed by atoms with van der Waals surface area (Å²) in [7, 11) is 0. The summed E-state index contributed by atoms with van der Waals surface area (Å²) in [6.45, 7) is 1.90. The third kappa shape index (κ3) is 2.23. The van der Waals surface area contributed by atoms with Crippen molar-refractivity contribution in [3.8, 4) is 6.07 Å². The molecule has 0 radical (unpaired) electrons. The molecule has 0 unspecified atom stereocenters. The highest BCUT2D eigenvalue weighted by Crippen LogP contribution is 2.21. The fourth-order valence-electron chi connectivity index (χ4n) is 1.17. The summed E-state index contributed by atoms with van der Waals surface area (Å²) in [5, 5.41) is 17.5. The Hall–Kier alpha value is -1.09. The van der Waals surface area contributed by atoms with Crippen LogP contribution in [0.3, 0.4) is 0 Å². The SMILES string of the molecule is Cc1ccc(C#N)c(CC(=O)O)c1I. The van der Waals surface area contributed by atoms with Gasteiger partial charge in [-0.05, 0) is 46.7 Å². The quantitative estimate of drug-likeness (QED) is 0.851. The summed E-state index contributed by atoms with van der Waals surface area (Å²) < 4.78 is 0.865. The Morgan fingerprint density at radius 3 is 2.79 bits per heavy atom. The van der Waals surface area contributed by atoms with Gasteiger partial charge in [-0.2, -0.15) is 5.26 Å². The number of hydrogen-bond donors (Lipinski definition) is 1. The number of nitriles is 1. The van der Waals surface area contributed by atoms with E-state index in [-0.39, 0.29) is 6.42 Å². The van der Waals surface area contributed by atoms with Crippen LogP contribution < -0.4 is 0 Å². The van der Waals surface area contributed by atoms with Gasteiger partial charge in [-0.3, -0.25) is 4.79 Å². The number of benzene rings is 1. The molecule has 0 saturated heterocycles. The zero-order valence-electron chi connectivity index (χ0n) is 7.54. The fourth-order valence-corrected chi connectivity index (χ4v) is 1.83. The lowest BCUT2D eigenvalue weighted by Gasteiger charge is -2.06. The third-order valence-electron chi connectivity index (χ3n) is 1.88. The molecule has 72 valence electrons. The summed E-state index contributed by atoms with van der Waals surface area (Å²) in [5.41, 5.74) is 2.06. The number of aryl methyl sites for hydroxylation is 1. The van der Waals surface area contributed by atoms with Gasteiger partial charge < -0.3 is 5.11 Å². The predicted octanol–water partition coefficient (Wildman–Crippen LogP) is 2.10. The molecular weight excluding hydrogens is 293 g/mol. The van der Waals surface area contributed by atoms with Crippen molar-refractivity contribution in [2.45, 2.75) is 13.3 Å². The molecule has 0 heterocycles. The Morgan fingerprint density at radius 1 is 1.64 bits per heavy atom. The van der Waals surface area contributed by atoms with Crippen molar-refractivity contribution in [1.82, 2.24) is 0 Å². The molecule has 0 aromatic heterocycles. The topological polar surface area (TPSA) is 61.1 Å². The van der Waals surface area contributed by atoms with Gasteiger partial charge in [0.1, 0.15) is 0 Å². The maximum absolute atomic E-state index is 10.6.